The number of nitrogens with one attached hydrogen (secondary N) is 1. The standard InChI is InChI=1S/C16H18FNO3/c1-9-8-13(9)16(20)21-14(15(19)18-12-6-7-12)10-2-4-11(17)5-3-10/h2-5,9,12-14H,6-8H2,1H3,(H,18,19). The molecule has 112 valence electrons. The van der Waals surface area contributed by atoms with Gasteiger partial charge in [-0.2, -0.15) is 0 Å². The van der Waals surface area contributed by atoms with Crippen LogP contribution in [0, 0.1) is 17.7 Å². The molecule has 0 radical (unpaired) electrons. The van der Waals surface area contributed by atoms with Crippen molar-refractivity contribution < 1.29 is 18.7 Å². The Balaban J connectivity index is 1.74. The van der Waals surface area contributed by atoms with Gasteiger partial charge in [0.25, 0.3) is 5.91 Å². The van der Waals surface area contributed by atoms with Gasteiger partial charge in [-0.3, -0.25) is 9.59 Å². The van der Waals surface area contributed by atoms with E-state index in [1.165, 1.54) is 24.3 Å². The molecule has 1 aromatic rings. The molecule has 2 aliphatic carbocycles. The van der Waals surface area contributed by atoms with Crippen LogP contribution in [0.1, 0.15) is 37.9 Å². The minimum absolute atomic E-state index is 0.110. The summed E-state index contributed by atoms with van der Waals surface area (Å²) >= 11 is 0. The van der Waals surface area contributed by atoms with Crippen LogP contribution in [0.5, 0.6) is 0 Å². The summed E-state index contributed by atoms with van der Waals surface area (Å²) < 4.78 is 18.4. The summed E-state index contributed by atoms with van der Waals surface area (Å²) in [6.45, 7) is 1.98. The van der Waals surface area contributed by atoms with E-state index in [0.29, 0.717) is 11.5 Å². The zero-order chi connectivity index (χ0) is 15.0. The molecule has 0 heterocycles. The van der Waals surface area contributed by atoms with Crippen LogP contribution in [0.25, 0.3) is 0 Å². The maximum Gasteiger partial charge on any atom is 0.310 e. The first-order chi connectivity index (χ1) is 10.0. The summed E-state index contributed by atoms with van der Waals surface area (Å²) in [6.07, 6.45) is 1.72. The fraction of sp³-hybridized carbons (Fsp3) is 0.500. The van der Waals surface area contributed by atoms with Gasteiger partial charge in [-0.15, -0.1) is 0 Å². The van der Waals surface area contributed by atoms with Crippen LogP contribution in [-0.2, 0) is 14.3 Å². The molecule has 21 heavy (non-hydrogen) atoms. The fourth-order valence-electron chi connectivity index (χ4n) is 2.27. The van der Waals surface area contributed by atoms with Crippen molar-refractivity contribution in [2.75, 3.05) is 0 Å². The predicted molar refractivity (Wildman–Crippen MR) is 73.7 cm³/mol. The highest BCUT2D eigenvalue weighted by molar-refractivity contribution is 5.86. The molecule has 2 aliphatic rings. The first kappa shape index (κ1) is 14.0. The Hall–Kier alpha value is -1.91. The average molecular weight is 291 g/mol. The topological polar surface area (TPSA) is 55.4 Å². The molecule has 1 amide bonds. The highest BCUT2D eigenvalue weighted by Crippen LogP contribution is 2.39. The van der Waals surface area contributed by atoms with Crippen LogP contribution >= 0.6 is 0 Å². The highest BCUT2D eigenvalue weighted by Gasteiger charge is 2.42. The summed E-state index contributed by atoms with van der Waals surface area (Å²) in [4.78, 5) is 24.3. The first-order valence-corrected chi connectivity index (χ1v) is 7.31. The van der Waals surface area contributed by atoms with Gasteiger partial charge in [0.05, 0.1) is 5.92 Å². The smallest absolute Gasteiger partial charge is 0.310 e. The van der Waals surface area contributed by atoms with Crippen molar-refractivity contribution in [2.45, 2.75) is 38.3 Å². The van der Waals surface area contributed by atoms with E-state index in [4.69, 9.17) is 4.74 Å². The van der Waals surface area contributed by atoms with Gasteiger partial charge in [-0.25, -0.2) is 4.39 Å². The van der Waals surface area contributed by atoms with Gasteiger partial charge in [0, 0.05) is 11.6 Å². The Labute approximate surface area is 122 Å². The monoisotopic (exact) mass is 291 g/mol. The summed E-state index contributed by atoms with van der Waals surface area (Å²) in [5.74, 6) is -0.852. The molecule has 0 aliphatic heterocycles. The molecule has 4 nitrogen and oxygen atoms in total. The number of hydrogen-bond acceptors (Lipinski definition) is 3. The zero-order valence-corrected chi connectivity index (χ0v) is 11.8. The van der Waals surface area contributed by atoms with Crippen molar-refractivity contribution in [3.05, 3.63) is 35.6 Å². The number of esters is 1. The Morgan fingerprint density at radius 1 is 1.29 bits per heavy atom. The van der Waals surface area contributed by atoms with Crippen molar-refractivity contribution >= 4 is 11.9 Å². The number of benzene rings is 1. The van der Waals surface area contributed by atoms with E-state index < -0.39 is 6.10 Å². The highest BCUT2D eigenvalue weighted by atomic mass is 19.1. The van der Waals surface area contributed by atoms with Crippen LogP contribution < -0.4 is 5.32 Å². The van der Waals surface area contributed by atoms with Gasteiger partial charge in [-0.1, -0.05) is 19.1 Å². The molecule has 3 rings (SSSR count). The lowest BCUT2D eigenvalue weighted by atomic mass is 10.1. The molecule has 2 fully saturated rings. The molecule has 1 N–H and O–H groups in total. The van der Waals surface area contributed by atoms with E-state index in [1.54, 1.807) is 0 Å². The van der Waals surface area contributed by atoms with E-state index >= 15 is 0 Å². The Kier molecular flexibility index (Phi) is 3.66. The number of hydrogen-bond donors (Lipinski definition) is 1. The quantitative estimate of drug-likeness (QED) is 0.847. The Morgan fingerprint density at radius 2 is 1.90 bits per heavy atom. The SMILES string of the molecule is CC1CC1C(=O)OC(C(=O)NC1CC1)c1ccc(F)cc1. The van der Waals surface area contributed by atoms with Crippen LogP contribution in [0.3, 0.4) is 0 Å². The molecule has 3 unspecified atom stereocenters. The summed E-state index contributed by atoms with van der Waals surface area (Å²) in [5.41, 5.74) is 0.496. The number of carbonyl (C=O) groups excluding carboxylic acids is 2. The molecule has 1 aromatic carbocycles. The molecule has 0 spiro atoms. The maximum atomic E-state index is 13.0. The Bertz CT molecular complexity index is 553. The van der Waals surface area contributed by atoms with E-state index in [9.17, 15) is 14.0 Å². The lowest BCUT2D eigenvalue weighted by Gasteiger charge is -2.18. The maximum absolute atomic E-state index is 13.0. The molecule has 3 atom stereocenters. The summed E-state index contributed by atoms with van der Waals surface area (Å²) in [6, 6.07) is 5.67. The average Bonchev–Trinajstić information content (AvgIpc) is 3.35. The molecule has 2 saturated carbocycles. The van der Waals surface area contributed by atoms with Gasteiger partial charge in [0.1, 0.15) is 5.82 Å². The van der Waals surface area contributed by atoms with Gasteiger partial charge < -0.3 is 10.1 Å². The molecule has 0 saturated heterocycles. The van der Waals surface area contributed by atoms with Crippen LogP contribution in [0.2, 0.25) is 0 Å². The van der Waals surface area contributed by atoms with Gasteiger partial charge >= 0.3 is 5.97 Å². The molecule has 0 bridgehead atoms. The lowest BCUT2D eigenvalue weighted by Crippen LogP contribution is -2.34. The third-order valence-corrected chi connectivity index (χ3v) is 3.98. The molecular formula is C16H18FNO3. The minimum atomic E-state index is -0.994. The zero-order valence-electron chi connectivity index (χ0n) is 11.8. The third-order valence-electron chi connectivity index (χ3n) is 3.98. The van der Waals surface area contributed by atoms with Gasteiger partial charge in [0.2, 0.25) is 6.10 Å². The summed E-state index contributed by atoms with van der Waals surface area (Å²) in [5, 5.41) is 2.83. The van der Waals surface area contributed by atoms with Gasteiger partial charge in [0.15, 0.2) is 0 Å². The second-order valence-electron chi connectivity index (χ2n) is 5.97. The number of ether oxygens (including phenoxy) is 1. The number of halogens is 1. The van der Waals surface area contributed by atoms with E-state index in [1.807, 2.05) is 6.92 Å². The van der Waals surface area contributed by atoms with Crippen molar-refractivity contribution in [3.8, 4) is 0 Å². The predicted octanol–water partition coefficient (Wildman–Crippen LogP) is 2.34. The molecular weight excluding hydrogens is 273 g/mol. The number of rotatable bonds is 5. The van der Waals surface area contributed by atoms with Crippen molar-refractivity contribution in [1.29, 1.82) is 0 Å². The van der Waals surface area contributed by atoms with Crippen LogP contribution in [-0.4, -0.2) is 17.9 Å². The number of amides is 1. The normalized spacial score (nSPS) is 25.0. The van der Waals surface area contributed by atoms with Crippen molar-refractivity contribution in [3.63, 3.8) is 0 Å². The largest absolute Gasteiger partial charge is 0.447 e. The third kappa shape index (κ3) is 3.40. The van der Waals surface area contributed by atoms with Crippen molar-refractivity contribution in [1.82, 2.24) is 5.32 Å². The van der Waals surface area contributed by atoms with Gasteiger partial charge in [-0.05, 0) is 37.3 Å². The van der Waals surface area contributed by atoms with Crippen LogP contribution in [0.4, 0.5) is 4.39 Å². The molecule has 5 heteroatoms. The summed E-state index contributed by atoms with van der Waals surface area (Å²) in [7, 11) is 0. The van der Waals surface area contributed by atoms with Crippen molar-refractivity contribution in [2.24, 2.45) is 11.8 Å². The lowest BCUT2D eigenvalue weighted by molar-refractivity contribution is -0.158. The van der Waals surface area contributed by atoms with E-state index in [2.05, 4.69) is 5.32 Å². The van der Waals surface area contributed by atoms with Crippen LogP contribution in [0.15, 0.2) is 24.3 Å². The molecule has 0 aromatic heterocycles. The Morgan fingerprint density at radius 3 is 2.43 bits per heavy atom. The fourth-order valence-corrected chi connectivity index (χ4v) is 2.27. The second-order valence-corrected chi connectivity index (χ2v) is 5.97. The van der Waals surface area contributed by atoms with E-state index in [0.717, 1.165) is 19.3 Å². The minimum Gasteiger partial charge on any atom is -0.447 e. The van der Waals surface area contributed by atoms with E-state index in [-0.39, 0.29) is 29.7 Å². The first-order valence-electron chi connectivity index (χ1n) is 7.31. The second kappa shape index (κ2) is 5.47. The number of carbonyl (C=O) groups is 2.